The third-order valence-corrected chi connectivity index (χ3v) is 4.38. The number of carbonyl (C=O) groups is 1. The molecule has 0 bridgehead atoms. The van der Waals surface area contributed by atoms with Crippen molar-refractivity contribution in [3.8, 4) is 0 Å². The van der Waals surface area contributed by atoms with Crippen molar-refractivity contribution in [1.82, 2.24) is 9.78 Å². The van der Waals surface area contributed by atoms with Gasteiger partial charge in [-0.2, -0.15) is 5.10 Å². The molecular weight excluding hydrogens is 332 g/mol. The predicted octanol–water partition coefficient (Wildman–Crippen LogP) is 3.26. The second-order valence-corrected chi connectivity index (χ2v) is 5.78. The standard InChI is InChI=1S/C15H19BrN4O/c1-10-15(16)11(2)20(19-10)8-4-7-14(21)18-13-6-3-5-12(17)9-13/h3,5-6,9H,4,7-8,17H2,1-2H3,(H,18,21). The molecule has 112 valence electrons. The van der Waals surface area contributed by atoms with Gasteiger partial charge in [0.25, 0.3) is 0 Å². The van der Waals surface area contributed by atoms with Gasteiger partial charge in [-0.15, -0.1) is 0 Å². The van der Waals surface area contributed by atoms with Crippen LogP contribution in [-0.2, 0) is 11.3 Å². The number of aryl methyl sites for hydroxylation is 2. The van der Waals surface area contributed by atoms with E-state index in [1.54, 1.807) is 12.1 Å². The number of nitrogens with one attached hydrogen (secondary N) is 1. The average molecular weight is 351 g/mol. The monoisotopic (exact) mass is 350 g/mol. The van der Waals surface area contributed by atoms with E-state index < -0.39 is 0 Å². The third-order valence-electron chi connectivity index (χ3n) is 3.24. The van der Waals surface area contributed by atoms with Crippen molar-refractivity contribution < 1.29 is 4.79 Å². The van der Waals surface area contributed by atoms with Crippen molar-refractivity contribution >= 4 is 33.2 Å². The van der Waals surface area contributed by atoms with E-state index in [0.29, 0.717) is 12.1 Å². The van der Waals surface area contributed by atoms with Crippen LogP contribution in [0.25, 0.3) is 0 Å². The first kappa shape index (κ1) is 15.6. The molecule has 0 saturated carbocycles. The van der Waals surface area contributed by atoms with E-state index >= 15 is 0 Å². The summed E-state index contributed by atoms with van der Waals surface area (Å²) in [6.07, 6.45) is 1.19. The van der Waals surface area contributed by atoms with Gasteiger partial charge >= 0.3 is 0 Å². The molecule has 1 aromatic heterocycles. The molecule has 0 saturated heterocycles. The maximum Gasteiger partial charge on any atom is 0.224 e. The number of rotatable bonds is 5. The molecule has 0 atom stereocenters. The zero-order valence-electron chi connectivity index (χ0n) is 12.2. The molecule has 0 radical (unpaired) electrons. The number of anilines is 2. The highest BCUT2D eigenvalue weighted by molar-refractivity contribution is 9.10. The Morgan fingerprint density at radius 2 is 2.19 bits per heavy atom. The smallest absolute Gasteiger partial charge is 0.224 e. The molecule has 0 fully saturated rings. The molecule has 0 spiro atoms. The number of benzene rings is 1. The van der Waals surface area contributed by atoms with Crippen LogP contribution in [0.2, 0.25) is 0 Å². The average Bonchev–Trinajstić information content (AvgIpc) is 2.66. The predicted molar refractivity (Wildman–Crippen MR) is 88.1 cm³/mol. The summed E-state index contributed by atoms with van der Waals surface area (Å²) in [4.78, 5) is 11.9. The number of nitrogens with zero attached hydrogens (tertiary/aromatic N) is 2. The number of nitrogen functional groups attached to an aromatic ring is 1. The molecule has 6 heteroatoms. The zero-order chi connectivity index (χ0) is 15.4. The Balaban J connectivity index is 1.83. The molecule has 5 nitrogen and oxygen atoms in total. The first-order chi connectivity index (χ1) is 9.97. The van der Waals surface area contributed by atoms with Gasteiger partial charge in [0.1, 0.15) is 0 Å². The van der Waals surface area contributed by atoms with Crippen LogP contribution in [0, 0.1) is 13.8 Å². The lowest BCUT2D eigenvalue weighted by Gasteiger charge is -2.07. The number of halogens is 1. The van der Waals surface area contributed by atoms with Gasteiger partial charge in [0.2, 0.25) is 5.91 Å². The van der Waals surface area contributed by atoms with Crippen LogP contribution < -0.4 is 11.1 Å². The van der Waals surface area contributed by atoms with E-state index in [2.05, 4.69) is 26.3 Å². The number of hydrogen-bond acceptors (Lipinski definition) is 3. The summed E-state index contributed by atoms with van der Waals surface area (Å²) in [7, 11) is 0. The molecule has 1 amide bonds. The summed E-state index contributed by atoms with van der Waals surface area (Å²) in [5.74, 6) is -0.0128. The molecule has 0 aliphatic heterocycles. The van der Waals surface area contributed by atoms with Crippen molar-refractivity contribution in [2.75, 3.05) is 11.1 Å². The number of amides is 1. The highest BCUT2D eigenvalue weighted by Gasteiger charge is 2.09. The van der Waals surface area contributed by atoms with E-state index in [-0.39, 0.29) is 5.91 Å². The van der Waals surface area contributed by atoms with Crippen LogP contribution in [0.15, 0.2) is 28.7 Å². The minimum absolute atomic E-state index is 0.0128. The maximum absolute atomic E-state index is 11.9. The topological polar surface area (TPSA) is 72.9 Å². The lowest BCUT2D eigenvalue weighted by Crippen LogP contribution is -2.13. The highest BCUT2D eigenvalue weighted by atomic mass is 79.9. The Morgan fingerprint density at radius 3 is 2.81 bits per heavy atom. The lowest BCUT2D eigenvalue weighted by molar-refractivity contribution is -0.116. The summed E-state index contributed by atoms with van der Waals surface area (Å²) in [5.41, 5.74) is 9.10. The summed E-state index contributed by atoms with van der Waals surface area (Å²) in [6.45, 7) is 4.69. The molecule has 0 aliphatic rings. The summed E-state index contributed by atoms with van der Waals surface area (Å²) >= 11 is 3.50. The summed E-state index contributed by atoms with van der Waals surface area (Å²) in [6, 6.07) is 7.18. The van der Waals surface area contributed by atoms with Crippen molar-refractivity contribution in [2.45, 2.75) is 33.2 Å². The fourth-order valence-electron chi connectivity index (χ4n) is 2.12. The van der Waals surface area contributed by atoms with Crippen LogP contribution in [0.5, 0.6) is 0 Å². The number of aromatic nitrogens is 2. The van der Waals surface area contributed by atoms with Crippen LogP contribution in [0.1, 0.15) is 24.2 Å². The van der Waals surface area contributed by atoms with Gasteiger partial charge in [-0.25, -0.2) is 0 Å². The minimum Gasteiger partial charge on any atom is -0.399 e. The molecule has 1 heterocycles. The van der Waals surface area contributed by atoms with Gasteiger partial charge in [0, 0.05) is 30.0 Å². The van der Waals surface area contributed by atoms with Gasteiger partial charge in [-0.1, -0.05) is 6.07 Å². The SMILES string of the molecule is Cc1nn(CCCC(=O)Nc2cccc(N)c2)c(C)c1Br. The molecule has 0 unspecified atom stereocenters. The number of hydrogen-bond donors (Lipinski definition) is 2. The quantitative estimate of drug-likeness (QED) is 0.812. The Hall–Kier alpha value is -1.82. The van der Waals surface area contributed by atoms with Gasteiger partial charge in [-0.3, -0.25) is 9.48 Å². The molecule has 21 heavy (non-hydrogen) atoms. The van der Waals surface area contributed by atoms with Gasteiger partial charge < -0.3 is 11.1 Å². The van der Waals surface area contributed by atoms with E-state index in [9.17, 15) is 4.79 Å². The van der Waals surface area contributed by atoms with Crippen LogP contribution in [0.3, 0.4) is 0 Å². The molecule has 1 aromatic carbocycles. The second kappa shape index (κ2) is 6.76. The number of carbonyl (C=O) groups excluding carboxylic acids is 1. The highest BCUT2D eigenvalue weighted by Crippen LogP contribution is 2.20. The van der Waals surface area contributed by atoms with Crippen LogP contribution >= 0.6 is 15.9 Å². The first-order valence-electron chi connectivity index (χ1n) is 6.82. The van der Waals surface area contributed by atoms with E-state index in [4.69, 9.17) is 5.73 Å². The van der Waals surface area contributed by atoms with Gasteiger partial charge in [0.15, 0.2) is 0 Å². The first-order valence-corrected chi connectivity index (χ1v) is 7.61. The molecular formula is C15H19BrN4O. The van der Waals surface area contributed by atoms with Crippen molar-refractivity contribution in [3.05, 3.63) is 40.1 Å². The fraction of sp³-hybridized carbons (Fsp3) is 0.333. The summed E-state index contributed by atoms with van der Waals surface area (Å²) in [5, 5.41) is 7.27. The largest absolute Gasteiger partial charge is 0.399 e. The second-order valence-electron chi connectivity index (χ2n) is 4.99. The van der Waals surface area contributed by atoms with E-state index in [1.165, 1.54) is 0 Å². The molecule has 0 aliphatic carbocycles. The van der Waals surface area contributed by atoms with Crippen molar-refractivity contribution in [1.29, 1.82) is 0 Å². The van der Waals surface area contributed by atoms with Gasteiger partial charge in [0.05, 0.1) is 10.2 Å². The third kappa shape index (κ3) is 4.07. The van der Waals surface area contributed by atoms with Crippen molar-refractivity contribution in [3.63, 3.8) is 0 Å². The fourth-order valence-corrected chi connectivity index (χ4v) is 2.41. The van der Waals surface area contributed by atoms with E-state index in [0.717, 1.165) is 34.5 Å². The lowest BCUT2D eigenvalue weighted by atomic mass is 10.2. The molecule has 2 rings (SSSR count). The Kier molecular flexibility index (Phi) is 5.01. The maximum atomic E-state index is 11.9. The minimum atomic E-state index is -0.0128. The van der Waals surface area contributed by atoms with Crippen LogP contribution in [0.4, 0.5) is 11.4 Å². The Morgan fingerprint density at radius 1 is 1.43 bits per heavy atom. The summed E-state index contributed by atoms with van der Waals surface area (Å²) < 4.78 is 2.96. The van der Waals surface area contributed by atoms with Crippen LogP contribution in [-0.4, -0.2) is 15.7 Å². The van der Waals surface area contributed by atoms with E-state index in [1.807, 2.05) is 30.7 Å². The van der Waals surface area contributed by atoms with Gasteiger partial charge in [-0.05, 0) is 54.4 Å². The normalized spacial score (nSPS) is 10.6. The molecule has 3 N–H and O–H groups in total. The number of nitrogens with two attached hydrogens (primary N) is 1. The Bertz CT molecular complexity index is 651. The van der Waals surface area contributed by atoms with Crippen molar-refractivity contribution in [2.24, 2.45) is 0 Å². The Labute approximate surface area is 132 Å². The molecule has 2 aromatic rings. The zero-order valence-corrected chi connectivity index (χ0v) is 13.8.